The maximum Gasteiger partial charge on any atom is 0.261 e. The second kappa shape index (κ2) is 5.46. The van der Waals surface area contributed by atoms with Crippen LogP contribution in [0.1, 0.15) is 16.1 Å². The van der Waals surface area contributed by atoms with Gasteiger partial charge in [0.25, 0.3) is 5.91 Å². The van der Waals surface area contributed by atoms with Gasteiger partial charge in [0, 0.05) is 25.5 Å². The number of hydrogen-bond acceptors (Lipinski definition) is 3. The predicted molar refractivity (Wildman–Crippen MR) is 63.5 cm³/mol. The van der Waals surface area contributed by atoms with Crippen molar-refractivity contribution in [3.63, 3.8) is 0 Å². The van der Waals surface area contributed by atoms with Gasteiger partial charge >= 0.3 is 0 Å². The van der Waals surface area contributed by atoms with E-state index in [1.807, 2.05) is 28.3 Å². The van der Waals surface area contributed by atoms with Crippen LogP contribution in [0.25, 0.3) is 0 Å². The Morgan fingerprint density at radius 3 is 3.19 bits per heavy atom. The second-order valence-electron chi connectivity index (χ2n) is 3.39. The molecule has 0 aliphatic rings. The Hall–Kier alpha value is -1.62. The lowest BCUT2D eigenvalue weighted by atomic mass is 10.4. The number of aromatic nitrogens is 2. The summed E-state index contributed by atoms with van der Waals surface area (Å²) < 4.78 is 2.00. The Bertz CT molecular complexity index is 422. The largest absolute Gasteiger partial charge is 0.351 e. The molecule has 2 aromatic rings. The van der Waals surface area contributed by atoms with Crippen LogP contribution in [-0.2, 0) is 6.54 Å². The van der Waals surface area contributed by atoms with E-state index in [-0.39, 0.29) is 5.91 Å². The molecule has 2 aromatic heterocycles. The Balaban J connectivity index is 1.67. The van der Waals surface area contributed by atoms with Gasteiger partial charge in [-0.1, -0.05) is 6.07 Å². The SMILES string of the molecule is O=C(NCCCn1ccnc1)c1cccs1. The van der Waals surface area contributed by atoms with Gasteiger partial charge in [-0.05, 0) is 17.9 Å². The standard InChI is InChI=1S/C11H13N3OS/c15-11(10-3-1-8-16-10)13-4-2-6-14-7-5-12-9-14/h1,3,5,7-9H,2,4,6H2,(H,13,15). The predicted octanol–water partition coefficient (Wildman–Crippen LogP) is 1.76. The fraction of sp³-hybridized carbons (Fsp3) is 0.273. The van der Waals surface area contributed by atoms with Gasteiger partial charge in [0.05, 0.1) is 11.2 Å². The van der Waals surface area contributed by atoms with Crippen LogP contribution in [-0.4, -0.2) is 22.0 Å². The molecule has 16 heavy (non-hydrogen) atoms. The fourth-order valence-electron chi connectivity index (χ4n) is 1.38. The lowest BCUT2D eigenvalue weighted by Gasteiger charge is -2.04. The fourth-order valence-corrected chi connectivity index (χ4v) is 2.02. The molecule has 84 valence electrons. The maximum atomic E-state index is 11.5. The highest BCUT2D eigenvalue weighted by Crippen LogP contribution is 2.07. The Kier molecular flexibility index (Phi) is 3.71. The molecule has 2 rings (SSSR count). The minimum absolute atomic E-state index is 0.0145. The highest BCUT2D eigenvalue weighted by molar-refractivity contribution is 7.12. The topological polar surface area (TPSA) is 46.9 Å². The molecule has 1 amide bonds. The van der Waals surface area contributed by atoms with Gasteiger partial charge in [0.2, 0.25) is 0 Å². The number of nitrogens with one attached hydrogen (secondary N) is 1. The van der Waals surface area contributed by atoms with Gasteiger partial charge in [-0.2, -0.15) is 0 Å². The van der Waals surface area contributed by atoms with E-state index in [1.165, 1.54) is 11.3 Å². The number of aryl methyl sites for hydroxylation is 1. The van der Waals surface area contributed by atoms with Gasteiger partial charge in [0.15, 0.2) is 0 Å². The molecule has 0 aliphatic heterocycles. The normalized spacial score (nSPS) is 10.2. The first kappa shape index (κ1) is 10.9. The lowest BCUT2D eigenvalue weighted by Crippen LogP contribution is -2.24. The quantitative estimate of drug-likeness (QED) is 0.803. The molecule has 4 nitrogen and oxygen atoms in total. The number of thiophene rings is 1. The molecule has 0 unspecified atom stereocenters. The summed E-state index contributed by atoms with van der Waals surface area (Å²) in [7, 11) is 0. The van der Waals surface area contributed by atoms with E-state index in [4.69, 9.17) is 0 Å². The van der Waals surface area contributed by atoms with Crippen LogP contribution in [0, 0.1) is 0 Å². The number of nitrogens with zero attached hydrogens (tertiary/aromatic N) is 2. The summed E-state index contributed by atoms with van der Waals surface area (Å²) in [5.41, 5.74) is 0. The molecule has 0 aromatic carbocycles. The van der Waals surface area contributed by atoms with Crippen LogP contribution >= 0.6 is 11.3 Å². The molecule has 2 heterocycles. The maximum absolute atomic E-state index is 11.5. The number of hydrogen-bond donors (Lipinski definition) is 1. The van der Waals surface area contributed by atoms with E-state index in [9.17, 15) is 4.79 Å². The van der Waals surface area contributed by atoms with Crippen LogP contribution in [0.4, 0.5) is 0 Å². The van der Waals surface area contributed by atoms with Crippen LogP contribution in [0.5, 0.6) is 0 Å². The zero-order chi connectivity index (χ0) is 11.2. The van der Waals surface area contributed by atoms with Gasteiger partial charge in [-0.15, -0.1) is 11.3 Å². The van der Waals surface area contributed by atoms with Gasteiger partial charge in [-0.3, -0.25) is 4.79 Å². The summed E-state index contributed by atoms with van der Waals surface area (Å²) in [6.45, 7) is 1.57. The van der Waals surface area contributed by atoms with Crippen molar-refractivity contribution >= 4 is 17.2 Å². The Labute approximate surface area is 97.9 Å². The average Bonchev–Trinajstić information content (AvgIpc) is 2.96. The smallest absolute Gasteiger partial charge is 0.261 e. The molecule has 0 spiro atoms. The van der Waals surface area contributed by atoms with Crippen molar-refractivity contribution < 1.29 is 4.79 Å². The van der Waals surface area contributed by atoms with Gasteiger partial charge in [-0.25, -0.2) is 4.98 Å². The van der Waals surface area contributed by atoms with Crippen molar-refractivity contribution in [3.8, 4) is 0 Å². The van der Waals surface area contributed by atoms with E-state index < -0.39 is 0 Å². The summed E-state index contributed by atoms with van der Waals surface area (Å²) in [6, 6.07) is 3.71. The molecule has 0 fully saturated rings. The molecule has 5 heteroatoms. The summed E-state index contributed by atoms with van der Waals surface area (Å²) in [6.07, 6.45) is 6.36. The monoisotopic (exact) mass is 235 g/mol. The van der Waals surface area contributed by atoms with Crippen molar-refractivity contribution in [1.29, 1.82) is 0 Å². The molecule has 0 saturated heterocycles. The summed E-state index contributed by atoms with van der Waals surface area (Å²) in [5.74, 6) is 0.0145. The number of carbonyl (C=O) groups is 1. The summed E-state index contributed by atoms with van der Waals surface area (Å²) in [5, 5.41) is 4.79. The van der Waals surface area contributed by atoms with Crippen LogP contribution in [0.2, 0.25) is 0 Å². The van der Waals surface area contributed by atoms with Crippen molar-refractivity contribution in [3.05, 3.63) is 41.1 Å². The number of carbonyl (C=O) groups excluding carboxylic acids is 1. The van der Waals surface area contributed by atoms with Gasteiger partial charge in [0.1, 0.15) is 0 Å². The van der Waals surface area contributed by atoms with Crippen molar-refractivity contribution in [1.82, 2.24) is 14.9 Å². The third-order valence-electron chi connectivity index (χ3n) is 2.18. The second-order valence-corrected chi connectivity index (χ2v) is 4.33. The molecule has 1 N–H and O–H groups in total. The van der Waals surface area contributed by atoms with E-state index in [0.717, 1.165) is 17.8 Å². The average molecular weight is 235 g/mol. The molecule has 0 saturated carbocycles. The molecule has 0 radical (unpaired) electrons. The minimum atomic E-state index is 0.0145. The Morgan fingerprint density at radius 2 is 2.50 bits per heavy atom. The first-order valence-electron chi connectivity index (χ1n) is 5.14. The number of imidazole rings is 1. The number of rotatable bonds is 5. The van der Waals surface area contributed by atoms with E-state index in [2.05, 4.69) is 10.3 Å². The minimum Gasteiger partial charge on any atom is -0.351 e. The van der Waals surface area contributed by atoms with Crippen LogP contribution in [0.3, 0.4) is 0 Å². The summed E-state index contributed by atoms with van der Waals surface area (Å²) in [4.78, 5) is 16.3. The highest BCUT2D eigenvalue weighted by atomic mass is 32.1. The van der Waals surface area contributed by atoms with Crippen molar-refractivity contribution in [2.45, 2.75) is 13.0 Å². The van der Waals surface area contributed by atoms with Crippen LogP contribution < -0.4 is 5.32 Å². The zero-order valence-corrected chi connectivity index (χ0v) is 9.61. The highest BCUT2D eigenvalue weighted by Gasteiger charge is 2.04. The van der Waals surface area contributed by atoms with E-state index in [0.29, 0.717) is 6.54 Å². The van der Waals surface area contributed by atoms with E-state index in [1.54, 1.807) is 12.5 Å². The molecule has 0 bridgehead atoms. The van der Waals surface area contributed by atoms with Gasteiger partial charge < -0.3 is 9.88 Å². The van der Waals surface area contributed by atoms with Crippen LogP contribution in [0.15, 0.2) is 36.2 Å². The first-order chi connectivity index (χ1) is 7.86. The summed E-state index contributed by atoms with van der Waals surface area (Å²) >= 11 is 1.46. The van der Waals surface area contributed by atoms with Crippen molar-refractivity contribution in [2.24, 2.45) is 0 Å². The zero-order valence-electron chi connectivity index (χ0n) is 8.80. The van der Waals surface area contributed by atoms with E-state index >= 15 is 0 Å². The molecular formula is C11H13N3OS. The third-order valence-corrected chi connectivity index (χ3v) is 3.05. The Morgan fingerprint density at radius 1 is 1.56 bits per heavy atom. The first-order valence-corrected chi connectivity index (χ1v) is 6.01. The van der Waals surface area contributed by atoms with Crippen molar-refractivity contribution in [2.75, 3.05) is 6.54 Å². The molecular weight excluding hydrogens is 222 g/mol. The molecule has 0 atom stereocenters. The third kappa shape index (κ3) is 2.93. The molecule has 0 aliphatic carbocycles. The lowest BCUT2D eigenvalue weighted by molar-refractivity contribution is 0.0957. The number of amides is 1.